The van der Waals surface area contributed by atoms with Crippen LogP contribution in [0.1, 0.15) is 48.0 Å². The van der Waals surface area contributed by atoms with Gasteiger partial charge in [0.2, 0.25) is 5.91 Å². The highest BCUT2D eigenvalue weighted by atomic mass is 16.6. The molecule has 6 heteroatoms. The SMILES string of the molecule is CN(C)C(=O)CCNCCN(C(=O)OC(C)(C)C)C(C)(C)C. The van der Waals surface area contributed by atoms with E-state index < -0.39 is 5.60 Å². The fourth-order valence-corrected chi connectivity index (χ4v) is 1.75. The quantitative estimate of drug-likeness (QED) is 0.762. The first-order valence-electron chi connectivity index (χ1n) is 7.76. The summed E-state index contributed by atoms with van der Waals surface area (Å²) in [4.78, 5) is 27.0. The number of amides is 2. The van der Waals surface area contributed by atoms with E-state index >= 15 is 0 Å². The average Bonchev–Trinajstić information content (AvgIpc) is 2.28. The molecule has 1 N–H and O–H groups in total. The molecule has 6 nitrogen and oxygen atoms in total. The first-order chi connectivity index (χ1) is 9.84. The van der Waals surface area contributed by atoms with Crippen molar-refractivity contribution < 1.29 is 14.3 Å². The molecule has 2 amide bonds. The Kier molecular flexibility index (Phi) is 7.87. The fraction of sp³-hybridized carbons (Fsp3) is 0.875. The van der Waals surface area contributed by atoms with Gasteiger partial charge in [0, 0.05) is 45.7 Å². The monoisotopic (exact) mass is 315 g/mol. The van der Waals surface area contributed by atoms with Crippen LogP contribution in [0, 0.1) is 0 Å². The number of nitrogens with zero attached hydrogens (tertiary/aromatic N) is 2. The predicted molar refractivity (Wildman–Crippen MR) is 88.9 cm³/mol. The van der Waals surface area contributed by atoms with Crippen LogP contribution in [0.5, 0.6) is 0 Å². The molecule has 0 aliphatic heterocycles. The van der Waals surface area contributed by atoms with Gasteiger partial charge in [-0.2, -0.15) is 0 Å². The maximum atomic E-state index is 12.3. The van der Waals surface area contributed by atoms with Gasteiger partial charge in [-0.1, -0.05) is 0 Å². The van der Waals surface area contributed by atoms with E-state index in [4.69, 9.17) is 4.74 Å². The van der Waals surface area contributed by atoms with Crippen LogP contribution >= 0.6 is 0 Å². The van der Waals surface area contributed by atoms with Crippen molar-refractivity contribution in [2.24, 2.45) is 0 Å². The zero-order valence-corrected chi connectivity index (χ0v) is 15.4. The van der Waals surface area contributed by atoms with E-state index in [-0.39, 0.29) is 17.5 Å². The summed E-state index contributed by atoms with van der Waals surface area (Å²) in [6.45, 7) is 13.3. The van der Waals surface area contributed by atoms with Gasteiger partial charge >= 0.3 is 6.09 Å². The van der Waals surface area contributed by atoms with E-state index in [1.54, 1.807) is 23.9 Å². The molecule has 0 rings (SSSR count). The molecule has 0 aliphatic carbocycles. The Balaban J connectivity index is 4.34. The van der Waals surface area contributed by atoms with Crippen molar-refractivity contribution >= 4 is 12.0 Å². The Morgan fingerprint density at radius 2 is 1.55 bits per heavy atom. The van der Waals surface area contributed by atoms with E-state index in [0.29, 0.717) is 26.1 Å². The predicted octanol–water partition coefficient (Wildman–Crippen LogP) is 2.09. The van der Waals surface area contributed by atoms with Gasteiger partial charge < -0.3 is 19.9 Å². The van der Waals surface area contributed by atoms with Crippen LogP contribution in [-0.2, 0) is 9.53 Å². The highest BCUT2D eigenvalue weighted by Gasteiger charge is 2.30. The lowest BCUT2D eigenvalue weighted by Crippen LogP contribution is -2.50. The molecule has 0 aromatic heterocycles. The molecule has 0 aliphatic rings. The van der Waals surface area contributed by atoms with Gasteiger partial charge in [0.05, 0.1) is 0 Å². The van der Waals surface area contributed by atoms with Crippen LogP contribution in [0.2, 0.25) is 0 Å². The highest BCUT2D eigenvalue weighted by Crippen LogP contribution is 2.17. The molecule has 0 bridgehead atoms. The number of rotatable bonds is 6. The van der Waals surface area contributed by atoms with Gasteiger partial charge in [0.15, 0.2) is 0 Å². The first-order valence-corrected chi connectivity index (χ1v) is 7.76. The Bertz CT molecular complexity index is 368. The molecule has 0 radical (unpaired) electrons. The Labute approximate surface area is 135 Å². The van der Waals surface area contributed by atoms with E-state index in [9.17, 15) is 9.59 Å². The summed E-state index contributed by atoms with van der Waals surface area (Å²) in [5.74, 6) is 0.0901. The molecule has 0 aromatic rings. The lowest BCUT2D eigenvalue weighted by atomic mass is 10.1. The standard InChI is InChI=1S/C16H33N3O3/c1-15(2,3)19(14(21)22-16(4,5)6)12-11-17-10-9-13(20)18(7)8/h17H,9-12H2,1-8H3. The van der Waals surface area contributed by atoms with Gasteiger partial charge in [0.25, 0.3) is 0 Å². The highest BCUT2D eigenvalue weighted by molar-refractivity contribution is 5.75. The summed E-state index contributed by atoms with van der Waals surface area (Å²) < 4.78 is 5.45. The molecule has 130 valence electrons. The smallest absolute Gasteiger partial charge is 0.410 e. The molecule has 0 unspecified atom stereocenters. The molecule has 0 saturated carbocycles. The van der Waals surface area contributed by atoms with Crippen molar-refractivity contribution in [3.8, 4) is 0 Å². The van der Waals surface area contributed by atoms with E-state index in [2.05, 4.69) is 5.32 Å². The van der Waals surface area contributed by atoms with Crippen LogP contribution in [0.4, 0.5) is 4.79 Å². The summed E-state index contributed by atoms with van der Waals surface area (Å²) in [5, 5.41) is 3.19. The minimum Gasteiger partial charge on any atom is -0.444 e. The van der Waals surface area contributed by atoms with E-state index in [0.717, 1.165) is 0 Å². The number of ether oxygens (including phenoxy) is 1. The Morgan fingerprint density at radius 1 is 1.00 bits per heavy atom. The second-order valence-corrected chi connectivity index (χ2v) is 7.59. The molecule has 0 atom stereocenters. The number of carbonyl (C=O) groups is 2. The van der Waals surface area contributed by atoms with Gasteiger partial charge in [0.1, 0.15) is 5.60 Å². The minimum absolute atomic E-state index is 0.0901. The molecule has 0 heterocycles. The third-order valence-corrected chi connectivity index (χ3v) is 2.95. The fourth-order valence-electron chi connectivity index (χ4n) is 1.75. The average molecular weight is 315 g/mol. The Morgan fingerprint density at radius 3 is 1.95 bits per heavy atom. The number of carbonyl (C=O) groups excluding carboxylic acids is 2. The summed E-state index contributed by atoms with van der Waals surface area (Å²) in [5.41, 5.74) is -0.824. The molecule has 0 fully saturated rings. The second-order valence-electron chi connectivity index (χ2n) is 7.59. The first kappa shape index (κ1) is 20.7. The third-order valence-electron chi connectivity index (χ3n) is 2.95. The number of nitrogens with one attached hydrogen (secondary N) is 1. The van der Waals surface area contributed by atoms with Gasteiger partial charge in [-0.15, -0.1) is 0 Å². The molecule has 0 aromatic carbocycles. The lowest BCUT2D eigenvalue weighted by molar-refractivity contribution is -0.128. The van der Waals surface area contributed by atoms with E-state index in [1.807, 2.05) is 41.5 Å². The van der Waals surface area contributed by atoms with Gasteiger partial charge in [-0.25, -0.2) is 4.79 Å². The normalized spacial score (nSPS) is 12.0. The minimum atomic E-state index is -0.508. The van der Waals surface area contributed by atoms with Crippen molar-refractivity contribution in [3.05, 3.63) is 0 Å². The largest absolute Gasteiger partial charge is 0.444 e. The van der Waals surface area contributed by atoms with Gasteiger partial charge in [-0.3, -0.25) is 4.79 Å². The summed E-state index contributed by atoms with van der Waals surface area (Å²) in [7, 11) is 3.48. The molecule has 0 saturated heterocycles. The van der Waals surface area contributed by atoms with Crippen molar-refractivity contribution in [1.82, 2.24) is 15.1 Å². The van der Waals surface area contributed by atoms with Gasteiger partial charge in [-0.05, 0) is 41.5 Å². The zero-order chi connectivity index (χ0) is 17.6. The van der Waals surface area contributed by atoms with Crippen LogP contribution in [-0.4, -0.2) is 66.7 Å². The topological polar surface area (TPSA) is 61.9 Å². The van der Waals surface area contributed by atoms with Crippen molar-refractivity contribution in [3.63, 3.8) is 0 Å². The Hall–Kier alpha value is -1.30. The molecule has 22 heavy (non-hydrogen) atoms. The molecular weight excluding hydrogens is 282 g/mol. The summed E-state index contributed by atoms with van der Waals surface area (Å²) in [6, 6.07) is 0. The van der Waals surface area contributed by atoms with Crippen LogP contribution in [0.15, 0.2) is 0 Å². The maximum Gasteiger partial charge on any atom is 0.410 e. The van der Waals surface area contributed by atoms with Crippen LogP contribution in [0.25, 0.3) is 0 Å². The van der Waals surface area contributed by atoms with Crippen molar-refractivity contribution in [2.75, 3.05) is 33.7 Å². The maximum absolute atomic E-state index is 12.3. The van der Waals surface area contributed by atoms with Crippen LogP contribution in [0.3, 0.4) is 0 Å². The lowest BCUT2D eigenvalue weighted by Gasteiger charge is -2.36. The summed E-state index contributed by atoms with van der Waals surface area (Å²) >= 11 is 0. The molecule has 0 spiro atoms. The third kappa shape index (κ3) is 8.87. The van der Waals surface area contributed by atoms with E-state index in [1.165, 1.54) is 0 Å². The zero-order valence-electron chi connectivity index (χ0n) is 15.4. The second kappa shape index (κ2) is 8.36. The van der Waals surface area contributed by atoms with Crippen molar-refractivity contribution in [2.45, 2.75) is 59.1 Å². The summed E-state index contributed by atoms with van der Waals surface area (Å²) in [6.07, 6.45) is 0.140. The number of hydrogen-bond donors (Lipinski definition) is 1. The molecular formula is C16H33N3O3. The van der Waals surface area contributed by atoms with Crippen molar-refractivity contribution in [1.29, 1.82) is 0 Å². The van der Waals surface area contributed by atoms with Crippen LogP contribution < -0.4 is 5.32 Å². The number of hydrogen-bond acceptors (Lipinski definition) is 4.